The van der Waals surface area contributed by atoms with Gasteiger partial charge in [-0.15, -0.1) is 0 Å². The Kier molecular flexibility index (Phi) is 10.9. The standard InChI is InChI=1S/C14H16N4OP2/c15-5-1-9-20(10-2-6-16)11-14-21(19,12-3-7-17)13-4-8-18/h1-4,9-10,12-13H2. The van der Waals surface area contributed by atoms with E-state index in [-0.39, 0.29) is 25.2 Å². The molecule has 0 amide bonds. The molecule has 0 spiro atoms. The lowest BCUT2D eigenvalue weighted by Gasteiger charge is -2.10. The van der Waals surface area contributed by atoms with Gasteiger partial charge in [-0.05, 0) is 25.9 Å². The zero-order chi connectivity index (χ0) is 16.0. The van der Waals surface area contributed by atoms with Crippen LogP contribution in [0.5, 0.6) is 0 Å². The van der Waals surface area contributed by atoms with Gasteiger partial charge < -0.3 is 4.57 Å². The zero-order valence-electron chi connectivity index (χ0n) is 11.7. The Labute approximate surface area is 127 Å². The summed E-state index contributed by atoms with van der Waals surface area (Å²) in [4.78, 5) is 0. The Morgan fingerprint density at radius 1 is 0.762 bits per heavy atom. The first-order chi connectivity index (χ1) is 10.1. The molecule has 0 aromatic carbocycles. The van der Waals surface area contributed by atoms with E-state index in [0.717, 1.165) is 0 Å². The number of rotatable bonds is 8. The minimum Gasteiger partial charge on any atom is -0.310 e. The van der Waals surface area contributed by atoms with E-state index >= 15 is 0 Å². The van der Waals surface area contributed by atoms with Crippen molar-refractivity contribution in [3.63, 3.8) is 0 Å². The lowest BCUT2D eigenvalue weighted by Crippen LogP contribution is -1.93. The molecule has 0 aromatic rings. The van der Waals surface area contributed by atoms with Gasteiger partial charge >= 0.3 is 0 Å². The molecule has 7 heteroatoms. The highest BCUT2D eigenvalue weighted by Gasteiger charge is 2.19. The molecule has 5 nitrogen and oxygen atoms in total. The van der Waals surface area contributed by atoms with Gasteiger partial charge in [0.25, 0.3) is 0 Å². The molecule has 0 N–H and O–H groups in total. The number of hydrogen-bond acceptors (Lipinski definition) is 5. The first kappa shape index (κ1) is 19.2. The van der Waals surface area contributed by atoms with Crippen LogP contribution >= 0.6 is 15.1 Å². The second-order valence-electron chi connectivity index (χ2n) is 4.18. The van der Waals surface area contributed by atoms with E-state index in [1.165, 1.54) is 0 Å². The van der Waals surface area contributed by atoms with Gasteiger partial charge in [-0.25, -0.2) is 0 Å². The lowest BCUT2D eigenvalue weighted by atomic mass is 10.5. The lowest BCUT2D eigenvalue weighted by molar-refractivity contribution is 0.581. The van der Waals surface area contributed by atoms with Gasteiger partial charge in [0.05, 0.1) is 24.3 Å². The molecule has 0 aliphatic heterocycles. The quantitative estimate of drug-likeness (QED) is 0.502. The van der Waals surface area contributed by atoms with Gasteiger partial charge in [-0.1, -0.05) is 5.66 Å². The van der Waals surface area contributed by atoms with E-state index in [1.54, 1.807) is 0 Å². The molecule has 0 rings (SSSR count). The maximum atomic E-state index is 12.6. The fraction of sp³-hybridized carbons (Fsp3) is 0.571. The summed E-state index contributed by atoms with van der Waals surface area (Å²) < 4.78 is 12.6. The van der Waals surface area contributed by atoms with Crippen molar-refractivity contribution in [2.24, 2.45) is 0 Å². The first-order valence-electron chi connectivity index (χ1n) is 6.45. The van der Waals surface area contributed by atoms with Crippen LogP contribution in [0.3, 0.4) is 0 Å². The predicted octanol–water partition coefficient (Wildman–Crippen LogP) is 3.40. The Morgan fingerprint density at radius 2 is 1.19 bits per heavy atom. The Hall–Kier alpha value is -1.82. The number of hydrogen-bond donors (Lipinski definition) is 0. The third-order valence-electron chi connectivity index (χ3n) is 2.57. The fourth-order valence-electron chi connectivity index (χ4n) is 1.44. The highest BCUT2D eigenvalue weighted by Crippen LogP contribution is 2.47. The fourth-order valence-corrected chi connectivity index (χ4v) is 5.29. The molecule has 0 fully saturated rings. The zero-order valence-corrected chi connectivity index (χ0v) is 13.5. The molecule has 0 unspecified atom stereocenters. The van der Waals surface area contributed by atoms with Crippen molar-refractivity contribution in [3.05, 3.63) is 0 Å². The van der Waals surface area contributed by atoms with Crippen molar-refractivity contribution in [3.8, 4) is 35.6 Å². The maximum absolute atomic E-state index is 12.6. The molecule has 0 aliphatic rings. The van der Waals surface area contributed by atoms with Crippen molar-refractivity contribution >= 4 is 15.1 Å². The highest BCUT2D eigenvalue weighted by molar-refractivity contribution is 7.70. The van der Waals surface area contributed by atoms with E-state index in [4.69, 9.17) is 21.0 Å². The van der Waals surface area contributed by atoms with E-state index in [1.807, 2.05) is 12.1 Å². The smallest absolute Gasteiger partial charge is 0.157 e. The normalized spacial score (nSPS) is 9.57. The third kappa shape index (κ3) is 9.67. The van der Waals surface area contributed by atoms with Crippen LogP contribution < -0.4 is 0 Å². The molecule has 0 saturated carbocycles. The van der Waals surface area contributed by atoms with Crippen LogP contribution in [-0.2, 0) is 4.57 Å². The summed E-state index contributed by atoms with van der Waals surface area (Å²) in [5.74, 6) is 0. The monoisotopic (exact) mass is 318 g/mol. The van der Waals surface area contributed by atoms with Gasteiger partial charge in [-0.2, -0.15) is 21.0 Å². The summed E-state index contributed by atoms with van der Waals surface area (Å²) in [7, 11) is -3.64. The maximum Gasteiger partial charge on any atom is 0.157 e. The molecular weight excluding hydrogens is 302 g/mol. The highest BCUT2D eigenvalue weighted by atomic mass is 31.2. The first-order valence-corrected chi connectivity index (χ1v) is 10.2. The van der Waals surface area contributed by atoms with Crippen molar-refractivity contribution in [1.29, 1.82) is 21.0 Å². The topological polar surface area (TPSA) is 112 Å². The van der Waals surface area contributed by atoms with E-state index < -0.39 is 15.1 Å². The van der Waals surface area contributed by atoms with E-state index in [2.05, 4.69) is 23.5 Å². The summed E-state index contributed by atoms with van der Waals surface area (Å²) in [5, 5.41) is 34.5. The number of nitrogens with zero attached hydrogens (tertiary/aromatic N) is 4. The van der Waals surface area contributed by atoms with Crippen LogP contribution in [0.15, 0.2) is 0 Å². The molecule has 0 radical (unpaired) electrons. The van der Waals surface area contributed by atoms with Crippen molar-refractivity contribution in [1.82, 2.24) is 0 Å². The molecule has 108 valence electrons. The van der Waals surface area contributed by atoms with Crippen molar-refractivity contribution in [2.45, 2.75) is 25.7 Å². The molecule has 0 bridgehead atoms. The van der Waals surface area contributed by atoms with Gasteiger partial charge in [0.1, 0.15) is 0 Å². The summed E-state index contributed by atoms with van der Waals surface area (Å²) in [6.07, 6.45) is 2.68. The minimum absolute atomic E-state index is 0.158. The van der Waals surface area contributed by atoms with Crippen LogP contribution in [0.2, 0.25) is 0 Å². The average Bonchev–Trinajstić information content (AvgIpc) is 2.50. The number of nitriles is 4. The van der Waals surface area contributed by atoms with Gasteiger partial charge in [-0.3, -0.25) is 0 Å². The van der Waals surface area contributed by atoms with Crippen LogP contribution in [0.4, 0.5) is 0 Å². The molecule has 0 aliphatic carbocycles. The summed E-state index contributed by atoms with van der Waals surface area (Å²) in [5.41, 5.74) is 5.78. The van der Waals surface area contributed by atoms with Crippen LogP contribution in [-0.4, -0.2) is 24.6 Å². The summed E-state index contributed by atoms with van der Waals surface area (Å²) >= 11 is 0. The Balaban J connectivity index is 4.96. The summed E-state index contributed by atoms with van der Waals surface area (Å²) in [6, 6.07) is 8.01. The van der Waals surface area contributed by atoms with Gasteiger partial charge in [0, 0.05) is 38.0 Å². The van der Waals surface area contributed by atoms with Crippen LogP contribution in [0, 0.1) is 56.6 Å². The van der Waals surface area contributed by atoms with Crippen LogP contribution in [0.25, 0.3) is 0 Å². The Bertz CT molecular complexity index is 552. The van der Waals surface area contributed by atoms with Crippen LogP contribution in [0.1, 0.15) is 25.7 Å². The molecule has 21 heavy (non-hydrogen) atoms. The molecule has 0 aromatic heterocycles. The molecule has 0 heterocycles. The van der Waals surface area contributed by atoms with Gasteiger partial charge in [0.2, 0.25) is 0 Å². The van der Waals surface area contributed by atoms with Crippen molar-refractivity contribution < 1.29 is 4.57 Å². The average molecular weight is 318 g/mol. The third-order valence-corrected chi connectivity index (χ3v) is 7.11. The SMILES string of the molecule is N#CCCP(C#CP(=O)(CCC#N)CCC#N)CCC#N. The second kappa shape index (κ2) is 12.0. The van der Waals surface area contributed by atoms with E-state index in [9.17, 15) is 4.57 Å². The predicted molar refractivity (Wildman–Crippen MR) is 82.7 cm³/mol. The molecule has 0 saturated heterocycles. The second-order valence-corrected chi connectivity index (χ2v) is 9.27. The molecule has 0 atom stereocenters. The van der Waals surface area contributed by atoms with E-state index in [0.29, 0.717) is 25.2 Å². The van der Waals surface area contributed by atoms with Crippen molar-refractivity contribution in [2.75, 3.05) is 24.6 Å². The van der Waals surface area contributed by atoms with Gasteiger partial charge in [0.15, 0.2) is 7.14 Å². The summed E-state index contributed by atoms with van der Waals surface area (Å²) in [6.45, 7) is 0. The Morgan fingerprint density at radius 3 is 1.57 bits per heavy atom. The molecular formula is C14H16N4OP2. The largest absolute Gasteiger partial charge is 0.310 e. The minimum atomic E-state index is -2.83.